The molecule has 0 saturated carbocycles. The maximum absolute atomic E-state index is 14.5. The number of hydrogen-bond acceptors (Lipinski definition) is 4. The van der Waals surface area contributed by atoms with Gasteiger partial charge in [-0.15, -0.1) is 11.3 Å². The summed E-state index contributed by atoms with van der Waals surface area (Å²) in [5.74, 6) is -2.79. The molecule has 5 nitrogen and oxygen atoms in total. The molecule has 138 valence electrons. The molecule has 0 spiro atoms. The van der Waals surface area contributed by atoms with Crippen molar-refractivity contribution in [3.63, 3.8) is 0 Å². The molecule has 26 heavy (non-hydrogen) atoms. The lowest BCUT2D eigenvalue weighted by atomic mass is 9.86. The first-order chi connectivity index (χ1) is 12.4. The third-order valence-corrected chi connectivity index (χ3v) is 6.32. The van der Waals surface area contributed by atoms with Gasteiger partial charge in [-0.3, -0.25) is 14.8 Å². The Balaban J connectivity index is 1.95. The third-order valence-electron chi connectivity index (χ3n) is 5.13. The zero-order valence-corrected chi connectivity index (χ0v) is 15.4. The molecule has 0 saturated heterocycles. The van der Waals surface area contributed by atoms with E-state index in [0.29, 0.717) is 34.4 Å². The van der Waals surface area contributed by atoms with E-state index in [2.05, 4.69) is 15.2 Å². The van der Waals surface area contributed by atoms with Crippen LogP contribution in [-0.4, -0.2) is 39.1 Å². The highest BCUT2D eigenvalue weighted by atomic mass is 32.1. The van der Waals surface area contributed by atoms with Crippen molar-refractivity contribution in [2.45, 2.75) is 38.7 Å². The topological polar surface area (TPSA) is 64.8 Å². The van der Waals surface area contributed by atoms with Crippen LogP contribution in [0.3, 0.4) is 0 Å². The van der Waals surface area contributed by atoms with Crippen LogP contribution < -0.4 is 5.56 Å². The Labute approximate surface area is 153 Å². The maximum Gasteiger partial charge on any atom is 0.266 e. The van der Waals surface area contributed by atoms with Crippen molar-refractivity contribution in [1.29, 1.82) is 0 Å². The Morgan fingerprint density at radius 1 is 1.38 bits per heavy atom. The van der Waals surface area contributed by atoms with E-state index in [1.165, 1.54) is 11.3 Å². The first-order valence-electron chi connectivity index (χ1n) is 8.73. The number of aromatic nitrogens is 3. The molecule has 0 radical (unpaired) electrons. The Morgan fingerprint density at radius 3 is 2.81 bits per heavy atom. The quantitative estimate of drug-likeness (QED) is 0.723. The molecular formula is C18H20F2N4OS. The number of nitrogens with one attached hydrogen (secondary N) is 2. The van der Waals surface area contributed by atoms with Gasteiger partial charge in [-0.05, 0) is 24.7 Å². The Bertz CT molecular complexity index is 989. The molecule has 0 aliphatic heterocycles. The van der Waals surface area contributed by atoms with Crippen LogP contribution in [0.5, 0.6) is 0 Å². The fraction of sp³-hybridized carbons (Fsp3) is 0.444. The van der Waals surface area contributed by atoms with Gasteiger partial charge in [0.1, 0.15) is 4.70 Å². The van der Waals surface area contributed by atoms with E-state index in [0.717, 1.165) is 10.4 Å². The lowest BCUT2D eigenvalue weighted by molar-refractivity contribution is -0.0419. The number of pyridine rings is 1. The molecule has 3 aromatic rings. The molecule has 0 fully saturated rings. The molecule has 0 bridgehead atoms. The van der Waals surface area contributed by atoms with Gasteiger partial charge in [0.05, 0.1) is 12.2 Å². The number of hydrogen-bond donors (Lipinski definition) is 2. The summed E-state index contributed by atoms with van der Waals surface area (Å²) in [4.78, 5) is 18.4. The summed E-state index contributed by atoms with van der Waals surface area (Å²) in [6.45, 7) is 5.21. The molecule has 1 atom stereocenters. The van der Waals surface area contributed by atoms with Gasteiger partial charge < -0.3 is 4.98 Å². The molecule has 1 unspecified atom stereocenters. The van der Waals surface area contributed by atoms with Crippen LogP contribution >= 0.6 is 11.3 Å². The van der Waals surface area contributed by atoms with Crippen LogP contribution in [0.15, 0.2) is 23.3 Å². The highest BCUT2D eigenvalue weighted by Crippen LogP contribution is 2.44. The summed E-state index contributed by atoms with van der Waals surface area (Å²) in [7, 11) is 0. The molecule has 3 aromatic heterocycles. The Morgan fingerprint density at radius 2 is 2.15 bits per heavy atom. The number of rotatable bonds is 4. The smallest absolute Gasteiger partial charge is 0.266 e. The molecular weight excluding hydrogens is 358 g/mol. The van der Waals surface area contributed by atoms with Crippen molar-refractivity contribution >= 4 is 21.4 Å². The monoisotopic (exact) mass is 378 g/mol. The van der Waals surface area contributed by atoms with Crippen molar-refractivity contribution in [3.05, 3.63) is 40.1 Å². The average molecular weight is 378 g/mol. The van der Waals surface area contributed by atoms with Gasteiger partial charge >= 0.3 is 0 Å². The highest BCUT2D eigenvalue weighted by Gasteiger charge is 2.43. The van der Waals surface area contributed by atoms with Gasteiger partial charge in [0, 0.05) is 40.6 Å². The summed E-state index contributed by atoms with van der Waals surface area (Å²) in [5, 5.41) is 7.31. The number of H-pyrrole nitrogens is 2. The number of alkyl halides is 2. The van der Waals surface area contributed by atoms with Gasteiger partial charge in [0.25, 0.3) is 11.5 Å². The van der Waals surface area contributed by atoms with Gasteiger partial charge in [0.15, 0.2) is 0 Å². The van der Waals surface area contributed by atoms with Gasteiger partial charge in [-0.1, -0.05) is 13.8 Å². The lowest BCUT2D eigenvalue weighted by Crippen LogP contribution is -2.40. The largest absolute Gasteiger partial charge is 0.323 e. The molecule has 0 amide bonds. The standard InChI is InChI=1S/C18H20F2N4OS/c1-3-24(4-2)13-7-18(19,20)6-12-11-5-14(10-8-21-22-9-10)26-16(11)17(25)23-15(12)13/h5,8-9,13H,3-4,6-7H2,1-2H3,(H,21,22)(H,23,25). The van der Waals surface area contributed by atoms with Crippen LogP contribution in [0.25, 0.3) is 20.5 Å². The van der Waals surface area contributed by atoms with Crippen molar-refractivity contribution in [1.82, 2.24) is 20.1 Å². The van der Waals surface area contributed by atoms with Crippen LogP contribution in [-0.2, 0) is 6.42 Å². The normalized spacial score (nSPS) is 19.2. The first kappa shape index (κ1) is 17.4. The van der Waals surface area contributed by atoms with E-state index in [4.69, 9.17) is 0 Å². The van der Waals surface area contributed by atoms with E-state index in [1.807, 2.05) is 24.8 Å². The van der Waals surface area contributed by atoms with Gasteiger partial charge in [0.2, 0.25) is 0 Å². The number of aromatic amines is 2. The van der Waals surface area contributed by atoms with Crippen LogP contribution in [0.1, 0.15) is 37.6 Å². The summed E-state index contributed by atoms with van der Waals surface area (Å²) in [6, 6.07) is 1.37. The second-order valence-corrected chi connectivity index (χ2v) is 7.71. The minimum absolute atomic E-state index is 0.208. The van der Waals surface area contributed by atoms with E-state index >= 15 is 0 Å². The van der Waals surface area contributed by atoms with E-state index in [9.17, 15) is 13.6 Å². The predicted octanol–water partition coefficient (Wildman–Crippen LogP) is 3.94. The Kier molecular flexibility index (Phi) is 4.19. The molecule has 2 N–H and O–H groups in total. The number of fused-ring (bicyclic) bond motifs is 3. The minimum atomic E-state index is -2.79. The van der Waals surface area contributed by atoms with E-state index in [-0.39, 0.29) is 18.4 Å². The first-order valence-corrected chi connectivity index (χ1v) is 9.54. The van der Waals surface area contributed by atoms with E-state index < -0.39 is 12.0 Å². The Hall–Kier alpha value is -2.06. The fourth-order valence-corrected chi connectivity index (χ4v) is 4.94. The molecule has 8 heteroatoms. The summed E-state index contributed by atoms with van der Waals surface area (Å²) in [5.41, 5.74) is 1.86. The fourth-order valence-electron chi connectivity index (χ4n) is 3.88. The SMILES string of the molecule is CCN(CC)C1CC(F)(F)Cc2c1[nH]c(=O)c1sc(-c3cn[nH]c3)cc21. The second-order valence-electron chi connectivity index (χ2n) is 6.66. The van der Waals surface area contributed by atoms with E-state index in [1.54, 1.807) is 12.4 Å². The zero-order chi connectivity index (χ0) is 18.5. The summed E-state index contributed by atoms with van der Waals surface area (Å²) < 4.78 is 29.6. The molecule has 3 heterocycles. The van der Waals surface area contributed by atoms with Crippen molar-refractivity contribution in [2.24, 2.45) is 0 Å². The molecule has 1 aliphatic carbocycles. The second kappa shape index (κ2) is 6.28. The molecule has 1 aliphatic rings. The van der Waals surface area contributed by atoms with Crippen LogP contribution in [0, 0.1) is 0 Å². The predicted molar refractivity (Wildman–Crippen MR) is 99.0 cm³/mol. The average Bonchev–Trinajstić information content (AvgIpc) is 3.25. The van der Waals surface area contributed by atoms with Crippen molar-refractivity contribution in [3.8, 4) is 10.4 Å². The van der Waals surface area contributed by atoms with Crippen molar-refractivity contribution < 1.29 is 8.78 Å². The third kappa shape index (κ3) is 2.77. The van der Waals surface area contributed by atoms with Gasteiger partial charge in [-0.25, -0.2) is 8.78 Å². The molecule has 4 rings (SSSR count). The summed E-state index contributed by atoms with van der Waals surface area (Å²) in [6.07, 6.45) is 2.80. The number of nitrogens with zero attached hydrogens (tertiary/aromatic N) is 2. The lowest BCUT2D eigenvalue weighted by Gasteiger charge is -2.37. The minimum Gasteiger partial charge on any atom is -0.323 e. The highest BCUT2D eigenvalue weighted by molar-refractivity contribution is 7.22. The number of thiophene rings is 1. The maximum atomic E-state index is 14.5. The van der Waals surface area contributed by atoms with Crippen molar-refractivity contribution in [2.75, 3.05) is 13.1 Å². The van der Waals surface area contributed by atoms with Crippen LogP contribution in [0.2, 0.25) is 0 Å². The van der Waals surface area contributed by atoms with Gasteiger partial charge in [-0.2, -0.15) is 5.10 Å². The number of halogens is 2. The zero-order valence-electron chi connectivity index (χ0n) is 14.6. The van der Waals surface area contributed by atoms with Crippen LogP contribution in [0.4, 0.5) is 8.78 Å². The molecule has 0 aromatic carbocycles. The summed E-state index contributed by atoms with van der Waals surface area (Å²) >= 11 is 1.31.